The molecular formula is C17H25NO3S. The summed E-state index contributed by atoms with van der Waals surface area (Å²) in [5, 5.41) is 11.7. The fourth-order valence-electron chi connectivity index (χ4n) is 2.14. The van der Waals surface area contributed by atoms with Gasteiger partial charge >= 0.3 is 5.97 Å². The lowest BCUT2D eigenvalue weighted by molar-refractivity contribution is -0.136. The van der Waals surface area contributed by atoms with Crippen molar-refractivity contribution < 1.29 is 14.7 Å². The second kappa shape index (κ2) is 9.51. The molecule has 1 aromatic carbocycles. The number of carboxylic acid groups (broad SMARTS) is 1. The van der Waals surface area contributed by atoms with Crippen LogP contribution >= 0.6 is 11.8 Å². The Morgan fingerprint density at radius 2 is 1.82 bits per heavy atom. The number of rotatable bonds is 9. The van der Waals surface area contributed by atoms with E-state index in [0.29, 0.717) is 12.1 Å². The van der Waals surface area contributed by atoms with Gasteiger partial charge in [-0.05, 0) is 25.0 Å². The van der Waals surface area contributed by atoms with E-state index in [0.717, 1.165) is 24.2 Å². The van der Waals surface area contributed by atoms with Crippen molar-refractivity contribution in [3.8, 4) is 0 Å². The molecule has 4 nitrogen and oxygen atoms in total. The number of thioether (sulfide) groups is 1. The van der Waals surface area contributed by atoms with Gasteiger partial charge in [0.1, 0.15) is 5.25 Å². The normalized spacial score (nSPS) is 13.4. The van der Waals surface area contributed by atoms with Gasteiger partial charge in [-0.2, -0.15) is 0 Å². The van der Waals surface area contributed by atoms with Crippen LogP contribution in [0.25, 0.3) is 0 Å². The molecule has 0 radical (unpaired) electrons. The molecule has 2 N–H and O–H groups in total. The number of para-hydroxylation sites is 1. The molecule has 0 aliphatic rings. The molecule has 0 saturated carbocycles. The number of hydrogen-bond acceptors (Lipinski definition) is 3. The molecule has 1 rings (SSSR count). The van der Waals surface area contributed by atoms with Gasteiger partial charge in [0.15, 0.2) is 0 Å². The Morgan fingerprint density at radius 3 is 2.41 bits per heavy atom. The standard InChI is InChI=1S/C17H25NO3S/c1-4-8-12(3)16(19)18-13-10-6-7-11-14(13)22-15(9-5-2)17(20)21/h6-7,10-12,15H,4-5,8-9H2,1-3H3,(H,18,19)(H,20,21)/t12-,15-/m1/s1. The first kappa shape index (κ1) is 18.6. The van der Waals surface area contributed by atoms with Gasteiger partial charge in [-0.15, -0.1) is 11.8 Å². The zero-order chi connectivity index (χ0) is 16.5. The Hall–Kier alpha value is -1.49. The van der Waals surface area contributed by atoms with E-state index < -0.39 is 11.2 Å². The Bertz CT molecular complexity index is 504. The summed E-state index contributed by atoms with van der Waals surface area (Å²) in [5.41, 5.74) is 0.697. The lowest BCUT2D eigenvalue weighted by Gasteiger charge is -2.16. The fourth-order valence-corrected chi connectivity index (χ4v) is 3.31. The SMILES string of the molecule is CCC[C@@H](C)C(=O)Nc1ccccc1S[C@H](CCC)C(=O)O. The molecule has 0 heterocycles. The summed E-state index contributed by atoms with van der Waals surface area (Å²) < 4.78 is 0. The number of hydrogen-bond donors (Lipinski definition) is 2. The zero-order valence-corrected chi connectivity index (χ0v) is 14.3. The minimum Gasteiger partial charge on any atom is -0.480 e. The lowest BCUT2D eigenvalue weighted by Crippen LogP contribution is -2.21. The van der Waals surface area contributed by atoms with Crippen molar-refractivity contribution in [1.82, 2.24) is 0 Å². The molecule has 1 aromatic rings. The van der Waals surface area contributed by atoms with Crippen LogP contribution in [-0.4, -0.2) is 22.2 Å². The number of aliphatic carboxylic acids is 1. The minimum atomic E-state index is -0.813. The van der Waals surface area contributed by atoms with Crippen molar-refractivity contribution in [2.45, 2.75) is 56.6 Å². The van der Waals surface area contributed by atoms with Gasteiger partial charge in [-0.3, -0.25) is 9.59 Å². The van der Waals surface area contributed by atoms with Crippen LogP contribution in [0.2, 0.25) is 0 Å². The van der Waals surface area contributed by atoms with E-state index in [1.807, 2.05) is 38.1 Å². The lowest BCUT2D eigenvalue weighted by atomic mass is 10.1. The molecule has 22 heavy (non-hydrogen) atoms. The molecule has 0 spiro atoms. The van der Waals surface area contributed by atoms with Gasteiger partial charge in [-0.1, -0.05) is 45.7 Å². The molecule has 0 saturated heterocycles. The van der Waals surface area contributed by atoms with Crippen molar-refractivity contribution in [3.05, 3.63) is 24.3 Å². The van der Waals surface area contributed by atoms with E-state index in [4.69, 9.17) is 0 Å². The molecule has 2 atom stereocenters. The predicted octanol–water partition coefficient (Wildman–Crippen LogP) is 4.41. The Labute approximate surface area is 136 Å². The Balaban J connectivity index is 2.85. The monoisotopic (exact) mass is 323 g/mol. The topological polar surface area (TPSA) is 66.4 Å². The average Bonchev–Trinajstić information content (AvgIpc) is 2.48. The predicted molar refractivity (Wildman–Crippen MR) is 91.3 cm³/mol. The van der Waals surface area contributed by atoms with Crippen LogP contribution in [0.1, 0.15) is 46.5 Å². The third kappa shape index (κ3) is 5.72. The maximum atomic E-state index is 12.2. The number of carbonyl (C=O) groups excluding carboxylic acids is 1. The van der Waals surface area contributed by atoms with Gasteiger partial charge in [0.05, 0.1) is 5.69 Å². The van der Waals surface area contributed by atoms with E-state index in [2.05, 4.69) is 12.2 Å². The highest BCUT2D eigenvalue weighted by molar-refractivity contribution is 8.00. The third-order valence-corrected chi connectivity index (χ3v) is 4.74. The molecular weight excluding hydrogens is 298 g/mol. The van der Waals surface area contributed by atoms with E-state index >= 15 is 0 Å². The highest BCUT2D eigenvalue weighted by Gasteiger charge is 2.20. The summed E-state index contributed by atoms with van der Waals surface area (Å²) >= 11 is 1.30. The van der Waals surface area contributed by atoms with Gasteiger partial charge in [0.2, 0.25) is 5.91 Å². The number of carboxylic acids is 1. The first-order valence-electron chi connectivity index (χ1n) is 7.78. The van der Waals surface area contributed by atoms with Gasteiger partial charge in [0.25, 0.3) is 0 Å². The van der Waals surface area contributed by atoms with Crippen LogP contribution in [0, 0.1) is 5.92 Å². The van der Waals surface area contributed by atoms with Crippen LogP contribution in [0.5, 0.6) is 0 Å². The number of anilines is 1. The van der Waals surface area contributed by atoms with E-state index in [-0.39, 0.29) is 11.8 Å². The van der Waals surface area contributed by atoms with Crippen LogP contribution < -0.4 is 5.32 Å². The van der Waals surface area contributed by atoms with Gasteiger partial charge in [0, 0.05) is 10.8 Å². The quantitative estimate of drug-likeness (QED) is 0.661. The highest BCUT2D eigenvalue weighted by atomic mass is 32.2. The molecule has 1 amide bonds. The smallest absolute Gasteiger partial charge is 0.316 e. The zero-order valence-electron chi connectivity index (χ0n) is 13.5. The van der Waals surface area contributed by atoms with Crippen molar-refractivity contribution in [2.75, 3.05) is 5.32 Å². The molecule has 122 valence electrons. The highest BCUT2D eigenvalue weighted by Crippen LogP contribution is 2.32. The number of amides is 1. The second-order valence-electron chi connectivity index (χ2n) is 5.41. The van der Waals surface area contributed by atoms with E-state index in [1.165, 1.54) is 11.8 Å². The summed E-state index contributed by atoms with van der Waals surface area (Å²) in [5.74, 6) is -0.876. The molecule has 0 aromatic heterocycles. The van der Waals surface area contributed by atoms with E-state index in [9.17, 15) is 14.7 Å². The summed E-state index contributed by atoms with van der Waals surface area (Å²) in [6.45, 7) is 5.93. The molecule has 0 bridgehead atoms. The number of benzene rings is 1. The van der Waals surface area contributed by atoms with Crippen molar-refractivity contribution in [2.24, 2.45) is 5.92 Å². The van der Waals surface area contributed by atoms with E-state index in [1.54, 1.807) is 0 Å². The van der Waals surface area contributed by atoms with Crippen molar-refractivity contribution in [1.29, 1.82) is 0 Å². The average molecular weight is 323 g/mol. The molecule has 0 aliphatic heterocycles. The summed E-state index contributed by atoms with van der Waals surface area (Å²) in [4.78, 5) is 24.3. The largest absolute Gasteiger partial charge is 0.480 e. The van der Waals surface area contributed by atoms with Crippen LogP contribution in [0.15, 0.2) is 29.2 Å². The maximum absolute atomic E-state index is 12.2. The van der Waals surface area contributed by atoms with Crippen molar-refractivity contribution >= 4 is 29.3 Å². The number of carbonyl (C=O) groups is 2. The molecule has 0 aliphatic carbocycles. The second-order valence-corrected chi connectivity index (χ2v) is 6.65. The van der Waals surface area contributed by atoms with Crippen LogP contribution in [0.3, 0.4) is 0 Å². The summed E-state index contributed by atoms with van der Waals surface area (Å²) in [6, 6.07) is 7.39. The molecule has 5 heteroatoms. The van der Waals surface area contributed by atoms with Crippen LogP contribution in [-0.2, 0) is 9.59 Å². The Kier molecular flexibility index (Phi) is 8.02. The van der Waals surface area contributed by atoms with Gasteiger partial charge in [-0.25, -0.2) is 0 Å². The maximum Gasteiger partial charge on any atom is 0.316 e. The Morgan fingerprint density at radius 1 is 1.18 bits per heavy atom. The summed E-state index contributed by atoms with van der Waals surface area (Å²) in [7, 11) is 0. The fraction of sp³-hybridized carbons (Fsp3) is 0.529. The first-order valence-corrected chi connectivity index (χ1v) is 8.66. The molecule has 0 unspecified atom stereocenters. The number of nitrogens with one attached hydrogen (secondary N) is 1. The summed E-state index contributed by atoms with van der Waals surface area (Å²) in [6.07, 6.45) is 3.22. The first-order chi connectivity index (χ1) is 10.5. The van der Waals surface area contributed by atoms with Gasteiger partial charge < -0.3 is 10.4 Å². The van der Waals surface area contributed by atoms with Crippen LogP contribution in [0.4, 0.5) is 5.69 Å². The molecule has 0 fully saturated rings. The minimum absolute atomic E-state index is 0.0164. The third-order valence-electron chi connectivity index (χ3n) is 3.41. The van der Waals surface area contributed by atoms with Crippen molar-refractivity contribution in [3.63, 3.8) is 0 Å².